The fourth-order valence-corrected chi connectivity index (χ4v) is 8.47. The number of carbonyl (C=O) groups is 1. The maximum absolute atomic E-state index is 13.2. The minimum Gasteiger partial charge on any atom is -0.387 e. The van der Waals surface area contributed by atoms with Crippen LogP contribution >= 0.6 is 0 Å². The molecule has 7 nitrogen and oxygen atoms in total. The Bertz CT molecular complexity index is 702. The molecule has 0 amide bonds. The number of carbonyl (C=O) groups excluding carboxylic acids is 1. The van der Waals surface area contributed by atoms with E-state index in [4.69, 9.17) is 4.74 Å². The van der Waals surface area contributed by atoms with Crippen molar-refractivity contribution in [3.63, 3.8) is 0 Å². The second-order valence-corrected chi connectivity index (χ2v) is 11.1. The third kappa shape index (κ3) is 3.37. The molecule has 5 aliphatic rings. The zero-order valence-electron chi connectivity index (χ0n) is 18.5. The lowest BCUT2D eigenvalue weighted by molar-refractivity contribution is -0.136. The van der Waals surface area contributed by atoms with Gasteiger partial charge in [-0.2, -0.15) is 5.10 Å². The highest BCUT2D eigenvalue weighted by Gasteiger charge is 2.59. The zero-order valence-corrected chi connectivity index (χ0v) is 18.5. The van der Waals surface area contributed by atoms with Gasteiger partial charge in [-0.25, -0.2) is 5.53 Å². The lowest BCUT2D eigenvalue weighted by atomic mass is 9.49. The van der Waals surface area contributed by atoms with Crippen LogP contribution in [0.15, 0.2) is 5.10 Å². The maximum Gasteiger partial charge on any atom is 0.157 e. The van der Waals surface area contributed by atoms with E-state index in [9.17, 15) is 9.90 Å². The monoisotopic (exact) mass is 418 g/mol. The molecule has 0 unspecified atom stereocenters. The van der Waals surface area contributed by atoms with E-state index in [0.717, 1.165) is 43.4 Å². The number of hydrogen-bond acceptors (Lipinski definition) is 7. The number of ether oxygens (including phenoxy) is 1. The molecule has 4 aliphatic carbocycles. The average Bonchev–Trinajstić information content (AvgIpc) is 3.34. The second kappa shape index (κ2) is 7.75. The standard InChI is InChI=1S/C23H38N4O3/c1-22-9-7-17-16-8-10-23(29,13-30-2)11-15(16)3-4-18(17)19(22)5-6-20(22)21(28)12-27-14-24-25-26-27/h14-20,25-26,29H,3-13H2,1-2H3/t15-,16+,17-,18-,19+,20-,22+,23-/m1/s1. The van der Waals surface area contributed by atoms with E-state index in [1.807, 2.05) is 0 Å². The summed E-state index contributed by atoms with van der Waals surface area (Å²) in [4.78, 5) is 13.2. The molecule has 0 spiro atoms. The van der Waals surface area contributed by atoms with E-state index >= 15 is 0 Å². The third-order valence-corrected chi connectivity index (χ3v) is 9.69. The minimum atomic E-state index is -0.613. The number of fused-ring (bicyclic) bond motifs is 5. The highest BCUT2D eigenvalue weighted by Crippen LogP contribution is 2.64. The van der Waals surface area contributed by atoms with Crippen molar-refractivity contribution in [2.45, 2.75) is 70.3 Å². The van der Waals surface area contributed by atoms with Crippen LogP contribution < -0.4 is 11.1 Å². The molecule has 0 aromatic rings. The van der Waals surface area contributed by atoms with Crippen LogP contribution in [0.1, 0.15) is 64.7 Å². The normalized spacial score (nSPS) is 47.4. The molecule has 8 atom stereocenters. The van der Waals surface area contributed by atoms with E-state index < -0.39 is 5.60 Å². The number of rotatable bonds is 5. The van der Waals surface area contributed by atoms with Gasteiger partial charge in [0.2, 0.25) is 0 Å². The van der Waals surface area contributed by atoms with Crippen molar-refractivity contribution >= 4 is 12.1 Å². The summed E-state index contributed by atoms with van der Waals surface area (Å²) in [6, 6.07) is 0. The van der Waals surface area contributed by atoms with Gasteiger partial charge in [0.05, 0.1) is 18.8 Å². The van der Waals surface area contributed by atoms with Crippen molar-refractivity contribution in [1.82, 2.24) is 16.1 Å². The fraction of sp³-hybridized carbons (Fsp3) is 0.913. The van der Waals surface area contributed by atoms with Crippen LogP contribution in [0.25, 0.3) is 0 Å². The molecule has 168 valence electrons. The highest BCUT2D eigenvalue weighted by molar-refractivity contribution is 5.85. The molecule has 4 fully saturated rings. The van der Waals surface area contributed by atoms with Gasteiger partial charge >= 0.3 is 0 Å². The Morgan fingerprint density at radius 3 is 2.77 bits per heavy atom. The van der Waals surface area contributed by atoms with Gasteiger partial charge in [-0.05, 0) is 92.8 Å². The summed E-state index contributed by atoms with van der Waals surface area (Å²) in [6.45, 7) is 3.28. The van der Waals surface area contributed by atoms with Gasteiger partial charge in [0.15, 0.2) is 5.78 Å². The minimum absolute atomic E-state index is 0.154. The summed E-state index contributed by atoms with van der Waals surface area (Å²) in [5, 5.41) is 16.6. The van der Waals surface area contributed by atoms with Gasteiger partial charge < -0.3 is 9.84 Å². The molecular weight excluding hydrogens is 380 g/mol. The first kappa shape index (κ1) is 20.7. The van der Waals surface area contributed by atoms with Crippen molar-refractivity contribution in [2.24, 2.45) is 46.0 Å². The number of hydrogen-bond donors (Lipinski definition) is 3. The Morgan fingerprint density at radius 1 is 1.17 bits per heavy atom. The van der Waals surface area contributed by atoms with Crippen molar-refractivity contribution in [2.75, 3.05) is 20.3 Å². The molecular formula is C23H38N4O3. The van der Waals surface area contributed by atoms with Crippen molar-refractivity contribution < 1.29 is 14.6 Å². The predicted molar refractivity (Wildman–Crippen MR) is 114 cm³/mol. The van der Waals surface area contributed by atoms with Crippen molar-refractivity contribution in [1.29, 1.82) is 0 Å². The lowest BCUT2D eigenvalue weighted by Gasteiger charge is -2.57. The number of aliphatic hydroxyl groups is 1. The molecule has 0 aromatic carbocycles. The SMILES string of the molecule is COC[C@@]1(O)CC[C@H]2[C@H](CC[C@@H]3[C@@H]2CC[C@]2(C)[C@@H](C(=O)CN4C=NNN4)CC[C@@H]32)C1. The maximum atomic E-state index is 13.2. The quantitative estimate of drug-likeness (QED) is 0.636. The van der Waals surface area contributed by atoms with E-state index in [1.54, 1.807) is 18.5 Å². The zero-order chi connectivity index (χ0) is 20.9. The first-order valence-corrected chi connectivity index (χ1v) is 12.0. The number of hydrazone groups is 1. The average molecular weight is 419 g/mol. The van der Waals surface area contributed by atoms with Gasteiger partial charge in [-0.1, -0.05) is 6.92 Å². The molecule has 7 heteroatoms. The summed E-state index contributed by atoms with van der Waals surface area (Å²) in [7, 11) is 1.70. The van der Waals surface area contributed by atoms with Crippen LogP contribution in [0, 0.1) is 40.9 Å². The number of nitrogens with one attached hydrogen (secondary N) is 2. The predicted octanol–water partition coefficient (Wildman–Crippen LogP) is 2.47. The molecule has 3 N–H and O–H groups in total. The van der Waals surface area contributed by atoms with E-state index in [0.29, 0.717) is 30.8 Å². The molecule has 0 bridgehead atoms. The van der Waals surface area contributed by atoms with E-state index in [-0.39, 0.29) is 11.3 Å². The number of Topliss-reactive ketones (excluding diaryl/α,β-unsaturated/α-hetero) is 1. The van der Waals surface area contributed by atoms with Crippen LogP contribution in [0.3, 0.4) is 0 Å². The van der Waals surface area contributed by atoms with Crippen LogP contribution in [0.2, 0.25) is 0 Å². The number of hydrazine groups is 2. The molecule has 0 aromatic heterocycles. The second-order valence-electron chi connectivity index (χ2n) is 11.1. The molecule has 0 radical (unpaired) electrons. The molecule has 30 heavy (non-hydrogen) atoms. The molecule has 5 rings (SSSR count). The van der Waals surface area contributed by atoms with Crippen molar-refractivity contribution in [3.8, 4) is 0 Å². The van der Waals surface area contributed by atoms with Crippen LogP contribution in [-0.4, -0.2) is 48.1 Å². The molecule has 0 saturated heterocycles. The van der Waals surface area contributed by atoms with E-state index in [1.165, 1.54) is 32.1 Å². The van der Waals surface area contributed by atoms with Gasteiger partial charge in [-0.3, -0.25) is 9.80 Å². The Kier molecular flexibility index (Phi) is 5.35. The summed E-state index contributed by atoms with van der Waals surface area (Å²) in [5.74, 6) is 4.19. The van der Waals surface area contributed by atoms with Crippen LogP contribution in [0.5, 0.6) is 0 Å². The molecule has 1 aliphatic heterocycles. The first-order chi connectivity index (χ1) is 14.4. The summed E-state index contributed by atoms with van der Waals surface area (Å²) < 4.78 is 5.32. The number of nitrogens with zero attached hydrogens (tertiary/aromatic N) is 2. The topological polar surface area (TPSA) is 86.2 Å². The lowest BCUT2D eigenvalue weighted by Crippen LogP contribution is -2.52. The Labute approximate surface area is 179 Å². The number of ketones is 1. The Morgan fingerprint density at radius 2 is 2.00 bits per heavy atom. The Balaban J connectivity index is 1.27. The fourth-order valence-electron chi connectivity index (χ4n) is 8.47. The first-order valence-electron chi connectivity index (χ1n) is 12.0. The van der Waals surface area contributed by atoms with Crippen molar-refractivity contribution in [3.05, 3.63) is 0 Å². The third-order valence-electron chi connectivity index (χ3n) is 9.69. The molecule has 4 saturated carbocycles. The largest absolute Gasteiger partial charge is 0.387 e. The van der Waals surface area contributed by atoms with Gasteiger partial charge in [0, 0.05) is 13.0 Å². The Hall–Kier alpha value is -1.18. The molecule has 1 heterocycles. The summed E-state index contributed by atoms with van der Waals surface area (Å²) >= 11 is 0. The van der Waals surface area contributed by atoms with Crippen LogP contribution in [0.4, 0.5) is 0 Å². The van der Waals surface area contributed by atoms with E-state index in [2.05, 4.69) is 23.1 Å². The number of methoxy groups -OCH3 is 1. The smallest absolute Gasteiger partial charge is 0.157 e. The summed E-state index contributed by atoms with van der Waals surface area (Å²) in [5.41, 5.74) is 5.12. The van der Waals surface area contributed by atoms with Crippen LogP contribution in [-0.2, 0) is 9.53 Å². The highest BCUT2D eigenvalue weighted by atomic mass is 16.5. The van der Waals surface area contributed by atoms with Gasteiger partial charge in [0.25, 0.3) is 0 Å². The van der Waals surface area contributed by atoms with Gasteiger partial charge in [-0.15, -0.1) is 5.53 Å². The summed E-state index contributed by atoms with van der Waals surface area (Å²) in [6.07, 6.45) is 11.8. The van der Waals surface area contributed by atoms with Gasteiger partial charge in [0.1, 0.15) is 6.34 Å².